The van der Waals surface area contributed by atoms with Crippen LogP contribution in [0.15, 0.2) is 54.9 Å². The van der Waals surface area contributed by atoms with Gasteiger partial charge in [-0.3, -0.25) is 4.79 Å². The number of anilines is 3. The predicted octanol–water partition coefficient (Wildman–Crippen LogP) is 4.27. The summed E-state index contributed by atoms with van der Waals surface area (Å²) in [7, 11) is 1.49. The number of rotatable bonds is 5. The van der Waals surface area contributed by atoms with Gasteiger partial charge >= 0.3 is 0 Å². The van der Waals surface area contributed by atoms with Crippen LogP contribution in [0.1, 0.15) is 10.4 Å². The second kappa shape index (κ2) is 7.79. The lowest BCUT2D eigenvalue weighted by Crippen LogP contribution is -2.13. The van der Waals surface area contributed by atoms with Crippen molar-refractivity contribution in [2.45, 2.75) is 0 Å². The van der Waals surface area contributed by atoms with Gasteiger partial charge in [-0.2, -0.15) is 0 Å². The quantitative estimate of drug-likeness (QED) is 0.699. The van der Waals surface area contributed by atoms with Gasteiger partial charge in [-0.25, -0.2) is 14.4 Å². The van der Waals surface area contributed by atoms with E-state index in [1.54, 1.807) is 30.3 Å². The van der Waals surface area contributed by atoms with Crippen molar-refractivity contribution < 1.29 is 13.9 Å². The minimum absolute atomic E-state index is 0.243. The molecule has 132 valence electrons. The average Bonchev–Trinajstić information content (AvgIpc) is 2.62. The third-order valence-electron chi connectivity index (χ3n) is 3.40. The summed E-state index contributed by atoms with van der Waals surface area (Å²) >= 11 is 5.95. The summed E-state index contributed by atoms with van der Waals surface area (Å²) in [6.07, 6.45) is 2.72. The highest BCUT2D eigenvalue weighted by Gasteiger charge is 2.11. The zero-order valence-corrected chi connectivity index (χ0v) is 14.4. The maximum Gasteiger partial charge on any atom is 0.258 e. The van der Waals surface area contributed by atoms with E-state index in [9.17, 15) is 9.18 Å². The van der Waals surface area contributed by atoms with Gasteiger partial charge < -0.3 is 15.4 Å². The molecule has 8 heteroatoms. The number of hydrogen-bond donors (Lipinski definition) is 2. The van der Waals surface area contributed by atoms with Gasteiger partial charge in [0.2, 0.25) is 5.95 Å². The first-order valence-corrected chi connectivity index (χ1v) is 7.92. The first kappa shape index (κ1) is 17.6. The maximum absolute atomic E-state index is 13.2. The Morgan fingerprint density at radius 1 is 1.15 bits per heavy atom. The summed E-state index contributed by atoms with van der Waals surface area (Å²) in [5.74, 6) is -0.0649. The van der Waals surface area contributed by atoms with E-state index in [1.165, 1.54) is 31.6 Å². The largest absolute Gasteiger partial charge is 0.495 e. The zero-order valence-electron chi connectivity index (χ0n) is 13.7. The molecule has 0 aliphatic heterocycles. The molecule has 1 amide bonds. The van der Waals surface area contributed by atoms with Gasteiger partial charge in [0.15, 0.2) is 0 Å². The first-order chi connectivity index (χ1) is 12.5. The number of carbonyl (C=O) groups excluding carboxylic acids is 1. The van der Waals surface area contributed by atoms with E-state index in [1.807, 2.05) is 0 Å². The molecule has 0 saturated heterocycles. The molecular weight excluding hydrogens is 359 g/mol. The summed E-state index contributed by atoms with van der Waals surface area (Å²) in [6.45, 7) is 0. The monoisotopic (exact) mass is 372 g/mol. The van der Waals surface area contributed by atoms with Gasteiger partial charge in [-0.15, -0.1) is 0 Å². The average molecular weight is 373 g/mol. The minimum atomic E-state index is -0.414. The number of ether oxygens (including phenoxy) is 1. The Labute approximate surface area is 154 Å². The van der Waals surface area contributed by atoms with Gasteiger partial charge in [0.25, 0.3) is 5.91 Å². The van der Waals surface area contributed by atoms with Crippen LogP contribution >= 0.6 is 11.6 Å². The number of benzene rings is 2. The summed E-state index contributed by atoms with van der Waals surface area (Å²) < 4.78 is 18.4. The van der Waals surface area contributed by atoms with Crippen LogP contribution in [0.3, 0.4) is 0 Å². The molecule has 0 unspecified atom stereocenters. The minimum Gasteiger partial charge on any atom is -0.495 e. The van der Waals surface area contributed by atoms with Crippen LogP contribution in [-0.2, 0) is 0 Å². The van der Waals surface area contributed by atoms with Gasteiger partial charge in [0.1, 0.15) is 11.6 Å². The molecule has 0 aliphatic carbocycles. The molecular formula is C18H14ClFN4O2. The highest BCUT2D eigenvalue weighted by molar-refractivity contribution is 6.31. The van der Waals surface area contributed by atoms with Crippen molar-refractivity contribution in [2.75, 3.05) is 17.7 Å². The molecule has 3 aromatic rings. The normalized spacial score (nSPS) is 10.3. The number of nitrogens with zero attached hydrogens (tertiary/aromatic N) is 2. The molecule has 1 aromatic heterocycles. The molecule has 0 bridgehead atoms. The second-order valence-electron chi connectivity index (χ2n) is 5.23. The van der Waals surface area contributed by atoms with Crippen molar-refractivity contribution in [3.05, 3.63) is 71.3 Å². The van der Waals surface area contributed by atoms with Crippen LogP contribution in [0.25, 0.3) is 0 Å². The van der Waals surface area contributed by atoms with Crippen LogP contribution in [0, 0.1) is 5.82 Å². The number of nitrogens with one attached hydrogen (secondary N) is 2. The van der Waals surface area contributed by atoms with Gasteiger partial charge in [0.05, 0.1) is 18.4 Å². The molecule has 0 aliphatic rings. The number of methoxy groups -OCH3 is 1. The van der Waals surface area contributed by atoms with Crippen LogP contribution in [0.2, 0.25) is 5.02 Å². The second-order valence-corrected chi connectivity index (χ2v) is 5.67. The van der Waals surface area contributed by atoms with Gasteiger partial charge in [-0.1, -0.05) is 17.7 Å². The lowest BCUT2D eigenvalue weighted by Gasteiger charge is -2.10. The Morgan fingerprint density at radius 3 is 2.62 bits per heavy atom. The SMILES string of the molecule is COc1ccc(Cl)cc1NC(=O)c1cnc(Nc2cccc(F)c2)nc1. The third-order valence-corrected chi connectivity index (χ3v) is 3.64. The van der Waals surface area contributed by atoms with E-state index in [-0.39, 0.29) is 17.3 Å². The van der Waals surface area contributed by atoms with Crippen LogP contribution in [0.5, 0.6) is 5.75 Å². The van der Waals surface area contributed by atoms with Crippen molar-refractivity contribution in [1.29, 1.82) is 0 Å². The Hall–Kier alpha value is -3.19. The van der Waals surface area contributed by atoms with Gasteiger partial charge in [0, 0.05) is 23.1 Å². The number of carbonyl (C=O) groups is 1. The lowest BCUT2D eigenvalue weighted by atomic mass is 10.2. The van der Waals surface area contributed by atoms with E-state index in [0.29, 0.717) is 22.1 Å². The lowest BCUT2D eigenvalue weighted by molar-refractivity contribution is 0.102. The molecule has 1 heterocycles. The van der Waals surface area contributed by atoms with E-state index in [4.69, 9.17) is 16.3 Å². The van der Waals surface area contributed by atoms with E-state index in [0.717, 1.165) is 0 Å². The first-order valence-electron chi connectivity index (χ1n) is 7.54. The van der Waals surface area contributed by atoms with Crippen LogP contribution in [-0.4, -0.2) is 23.0 Å². The fraction of sp³-hybridized carbons (Fsp3) is 0.0556. The Balaban J connectivity index is 1.72. The number of amides is 1. The molecule has 0 atom stereocenters. The predicted molar refractivity (Wildman–Crippen MR) is 97.7 cm³/mol. The maximum atomic E-state index is 13.2. The smallest absolute Gasteiger partial charge is 0.258 e. The molecule has 3 rings (SSSR count). The Kier molecular flexibility index (Phi) is 5.28. The molecule has 6 nitrogen and oxygen atoms in total. The van der Waals surface area contributed by atoms with Gasteiger partial charge in [-0.05, 0) is 36.4 Å². The Bertz CT molecular complexity index is 935. The number of hydrogen-bond acceptors (Lipinski definition) is 5. The van der Waals surface area contributed by atoms with Crippen molar-refractivity contribution in [2.24, 2.45) is 0 Å². The van der Waals surface area contributed by atoms with Crippen LogP contribution < -0.4 is 15.4 Å². The molecule has 0 fully saturated rings. The van der Waals surface area contributed by atoms with Crippen molar-refractivity contribution >= 4 is 34.8 Å². The standard InChI is InChI=1S/C18H14ClFN4O2/c1-26-16-6-5-12(19)7-15(16)24-17(25)11-9-21-18(22-10-11)23-14-4-2-3-13(20)8-14/h2-10H,1H3,(H,24,25)(H,21,22,23). The summed E-state index contributed by atoms with van der Waals surface area (Å²) in [5.41, 5.74) is 1.19. The summed E-state index contributed by atoms with van der Waals surface area (Å²) in [4.78, 5) is 20.5. The van der Waals surface area contributed by atoms with Crippen molar-refractivity contribution in [1.82, 2.24) is 9.97 Å². The van der Waals surface area contributed by atoms with E-state index >= 15 is 0 Å². The van der Waals surface area contributed by atoms with E-state index in [2.05, 4.69) is 20.6 Å². The third kappa shape index (κ3) is 4.25. The molecule has 0 spiro atoms. The van der Waals surface area contributed by atoms with E-state index < -0.39 is 5.91 Å². The molecule has 2 aromatic carbocycles. The number of halogens is 2. The van der Waals surface area contributed by atoms with Crippen molar-refractivity contribution in [3.8, 4) is 5.75 Å². The van der Waals surface area contributed by atoms with Crippen LogP contribution in [0.4, 0.5) is 21.7 Å². The molecule has 26 heavy (non-hydrogen) atoms. The zero-order chi connectivity index (χ0) is 18.5. The highest BCUT2D eigenvalue weighted by Crippen LogP contribution is 2.28. The molecule has 2 N–H and O–H groups in total. The fourth-order valence-corrected chi connectivity index (χ4v) is 2.35. The topological polar surface area (TPSA) is 76.1 Å². The number of aromatic nitrogens is 2. The highest BCUT2D eigenvalue weighted by atomic mass is 35.5. The Morgan fingerprint density at radius 2 is 1.92 bits per heavy atom. The summed E-state index contributed by atoms with van der Waals surface area (Å²) in [6, 6.07) is 10.8. The van der Waals surface area contributed by atoms with Crippen molar-refractivity contribution in [3.63, 3.8) is 0 Å². The molecule has 0 saturated carbocycles. The summed E-state index contributed by atoms with van der Waals surface area (Å²) in [5, 5.41) is 6.02. The fourth-order valence-electron chi connectivity index (χ4n) is 2.18. The molecule has 0 radical (unpaired) electrons.